The first-order valence-corrected chi connectivity index (χ1v) is 7.94. The second-order valence-corrected chi connectivity index (χ2v) is 5.90. The number of ether oxygens (including phenoxy) is 1. The molecule has 1 aliphatic rings. The third-order valence-electron chi connectivity index (χ3n) is 3.85. The van der Waals surface area contributed by atoms with Gasteiger partial charge in [0.15, 0.2) is 11.6 Å². The molecule has 4 heteroatoms. The van der Waals surface area contributed by atoms with Crippen LogP contribution in [-0.2, 0) is 16.0 Å². The number of hydrogen-bond acceptors (Lipinski definition) is 4. The maximum Gasteiger partial charge on any atom is 0.363 e. The Morgan fingerprint density at radius 1 is 1.00 bits per heavy atom. The molecule has 0 fully saturated rings. The molecule has 0 N–H and O–H groups in total. The van der Waals surface area contributed by atoms with Crippen molar-refractivity contribution in [2.75, 3.05) is 19.0 Å². The molecule has 0 atom stereocenters. The molecule has 1 aliphatic heterocycles. The minimum Gasteiger partial charge on any atom is -0.407 e. The van der Waals surface area contributed by atoms with Crippen LogP contribution in [0.15, 0.2) is 65.3 Å². The van der Waals surface area contributed by atoms with Crippen molar-refractivity contribution in [1.82, 2.24) is 0 Å². The van der Waals surface area contributed by atoms with Gasteiger partial charge >= 0.3 is 5.97 Å². The Morgan fingerprint density at radius 3 is 2.38 bits per heavy atom. The highest BCUT2D eigenvalue weighted by molar-refractivity contribution is 6.07. The molecule has 0 spiro atoms. The summed E-state index contributed by atoms with van der Waals surface area (Å²) in [6, 6.07) is 18.0. The first kappa shape index (κ1) is 16.0. The van der Waals surface area contributed by atoms with Crippen molar-refractivity contribution in [3.63, 3.8) is 0 Å². The summed E-state index contributed by atoms with van der Waals surface area (Å²) in [6.07, 6.45) is 3.18. The van der Waals surface area contributed by atoms with E-state index < -0.39 is 0 Å². The van der Waals surface area contributed by atoms with Crippen molar-refractivity contribution in [1.29, 1.82) is 0 Å². The predicted molar refractivity (Wildman–Crippen MR) is 97.0 cm³/mol. The van der Waals surface area contributed by atoms with E-state index in [1.807, 2.05) is 61.5 Å². The second kappa shape index (κ2) is 7.13. The van der Waals surface area contributed by atoms with Crippen LogP contribution in [0.2, 0.25) is 0 Å². The van der Waals surface area contributed by atoms with Crippen LogP contribution in [0.3, 0.4) is 0 Å². The zero-order chi connectivity index (χ0) is 16.9. The zero-order valence-corrected chi connectivity index (χ0v) is 13.9. The number of nitrogens with zero attached hydrogens (tertiary/aromatic N) is 2. The molecule has 0 bridgehead atoms. The van der Waals surface area contributed by atoms with E-state index in [0.29, 0.717) is 18.0 Å². The van der Waals surface area contributed by atoms with Gasteiger partial charge in [-0.05, 0) is 35.8 Å². The van der Waals surface area contributed by atoms with Gasteiger partial charge in [-0.15, -0.1) is 0 Å². The van der Waals surface area contributed by atoms with E-state index >= 15 is 0 Å². The maximum atomic E-state index is 12.0. The number of aryl methyl sites for hydroxylation is 1. The Labute approximate surface area is 142 Å². The van der Waals surface area contributed by atoms with Gasteiger partial charge in [0.2, 0.25) is 0 Å². The molecule has 4 nitrogen and oxygen atoms in total. The lowest BCUT2D eigenvalue weighted by molar-refractivity contribution is -0.130. The Kier molecular flexibility index (Phi) is 4.75. The molecule has 0 unspecified atom stereocenters. The fourth-order valence-corrected chi connectivity index (χ4v) is 2.48. The molecule has 0 saturated heterocycles. The summed E-state index contributed by atoms with van der Waals surface area (Å²) in [4.78, 5) is 18.3. The van der Waals surface area contributed by atoms with Gasteiger partial charge < -0.3 is 9.64 Å². The molecule has 122 valence electrons. The van der Waals surface area contributed by atoms with Crippen molar-refractivity contribution in [3.8, 4) is 0 Å². The number of cyclic esters (lactones) is 1. The van der Waals surface area contributed by atoms with Gasteiger partial charge in [0.25, 0.3) is 0 Å². The largest absolute Gasteiger partial charge is 0.407 e. The van der Waals surface area contributed by atoms with Crippen LogP contribution < -0.4 is 4.90 Å². The standard InChI is InChI=1S/C20H20N2O2/c1-22(2)17-11-8-16(9-12-17)14-18-20(23)24-19(21-18)13-10-15-6-4-3-5-7-15/h3-9,11-12,14H,10,13H2,1-2H3/b18-14+. The summed E-state index contributed by atoms with van der Waals surface area (Å²) in [6.45, 7) is 0. The smallest absolute Gasteiger partial charge is 0.363 e. The van der Waals surface area contributed by atoms with Crippen LogP contribution in [0.5, 0.6) is 0 Å². The summed E-state index contributed by atoms with van der Waals surface area (Å²) in [5.74, 6) is 0.106. The van der Waals surface area contributed by atoms with E-state index in [0.717, 1.165) is 17.7 Å². The minimum absolute atomic E-state index is 0.357. The molecule has 0 saturated carbocycles. The van der Waals surface area contributed by atoms with Crippen molar-refractivity contribution < 1.29 is 9.53 Å². The van der Waals surface area contributed by atoms with Crippen molar-refractivity contribution in [2.45, 2.75) is 12.8 Å². The molecular formula is C20H20N2O2. The van der Waals surface area contributed by atoms with Gasteiger partial charge in [-0.1, -0.05) is 42.5 Å². The SMILES string of the molecule is CN(C)c1ccc(/C=C2/N=C(CCc3ccccc3)OC2=O)cc1. The average Bonchev–Trinajstić information content (AvgIpc) is 2.94. The molecule has 1 heterocycles. The second-order valence-electron chi connectivity index (χ2n) is 5.90. The number of anilines is 1. The molecule has 0 aliphatic carbocycles. The van der Waals surface area contributed by atoms with Gasteiger partial charge in [-0.2, -0.15) is 0 Å². The fraction of sp³-hybridized carbons (Fsp3) is 0.200. The van der Waals surface area contributed by atoms with Crippen molar-refractivity contribution in [3.05, 3.63) is 71.4 Å². The van der Waals surface area contributed by atoms with Gasteiger partial charge in [-0.25, -0.2) is 9.79 Å². The number of carbonyl (C=O) groups excluding carboxylic acids is 1. The average molecular weight is 320 g/mol. The van der Waals surface area contributed by atoms with Gasteiger partial charge in [0, 0.05) is 26.2 Å². The Morgan fingerprint density at radius 2 is 1.71 bits per heavy atom. The van der Waals surface area contributed by atoms with E-state index in [4.69, 9.17) is 4.74 Å². The van der Waals surface area contributed by atoms with Gasteiger partial charge in [-0.3, -0.25) is 0 Å². The first-order chi connectivity index (χ1) is 11.6. The summed E-state index contributed by atoms with van der Waals surface area (Å²) < 4.78 is 5.26. The Hall–Kier alpha value is -2.88. The minimum atomic E-state index is -0.380. The van der Waals surface area contributed by atoms with E-state index in [-0.39, 0.29) is 5.97 Å². The van der Waals surface area contributed by atoms with Crippen LogP contribution in [0.1, 0.15) is 17.5 Å². The third kappa shape index (κ3) is 3.90. The number of esters is 1. The van der Waals surface area contributed by atoms with Crippen LogP contribution in [0.25, 0.3) is 6.08 Å². The molecule has 0 amide bonds. The van der Waals surface area contributed by atoms with E-state index in [1.54, 1.807) is 6.08 Å². The highest BCUT2D eigenvalue weighted by Crippen LogP contribution is 2.19. The molecule has 24 heavy (non-hydrogen) atoms. The van der Waals surface area contributed by atoms with E-state index in [1.165, 1.54) is 5.56 Å². The lowest BCUT2D eigenvalue weighted by Gasteiger charge is -2.11. The van der Waals surface area contributed by atoms with Crippen LogP contribution >= 0.6 is 0 Å². The lowest BCUT2D eigenvalue weighted by Crippen LogP contribution is -2.08. The molecule has 2 aromatic carbocycles. The quantitative estimate of drug-likeness (QED) is 0.623. The van der Waals surface area contributed by atoms with Gasteiger partial charge in [0.1, 0.15) is 0 Å². The highest BCUT2D eigenvalue weighted by atomic mass is 16.6. The van der Waals surface area contributed by atoms with Crippen molar-refractivity contribution >= 4 is 23.6 Å². The Balaban J connectivity index is 1.69. The third-order valence-corrected chi connectivity index (χ3v) is 3.85. The highest BCUT2D eigenvalue weighted by Gasteiger charge is 2.22. The summed E-state index contributed by atoms with van der Waals surface area (Å²) >= 11 is 0. The van der Waals surface area contributed by atoms with Gasteiger partial charge in [0.05, 0.1) is 0 Å². The number of aliphatic imine (C=N–C) groups is 1. The monoisotopic (exact) mass is 320 g/mol. The number of hydrogen-bond donors (Lipinski definition) is 0. The zero-order valence-electron chi connectivity index (χ0n) is 13.9. The molecule has 0 radical (unpaired) electrons. The molecule has 0 aromatic heterocycles. The lowest BCUT2D eigenvalue weighted by atomic mass is 10.1. The van der Waals surface area contributed by atoms with Crippen LogP contribution in [0.4, 0.5) is 5.69 Å². The molecule has 2 aromatic rings. The topological polar surface area (TPSA) is 41.9 Å². The normalized spacial score (nSPS) is 15.3. The maximum absolute atomic E-state index is 12.0. The molecule has 3 rings (SSSR count). The summed E-state index contributed by atoms with van der Waals surface area (Å²) in [5.41, 5.74) is 3.60. The van der Waals surface area contributed by atoms with E-state index in [9.17, 15) is 4.79 Å². The van der Waals surface area contributed by atoms with Crippen LogP contribution in [0, 0.1) is 0 Å². The summed E-state index contributed by atoms with van der Waals surface area (Å²) in [5, 5.41) is 0. The number of benzene rings is 2. The number of carbonyl (C=O) groups is 1. The fourth-order valence-electron chi connectivity index (χ4n) is 2.48. The Bertz CT molecular complexity index is 775. The van der Waals surface area contributed by atoms with Crippen LogP contribution in [-0.4, -0.2) is 26.0 Å². The van der Waals surface area contributed by atoms with E-state index in [2.05, 4.69) is 17.1 Å². The number of rotatable bonds is 5. The molecular weight excluding hydrogens is 300 g/mol. The predicted octanol–water partition coefficient (Wildman–Crippen LogP) is 3.68. The summed E-state index contributed by atoms with van der Waals surface area (Å²) in [7, 11) is 3.98. The first-order valence-electron chi connectivity index (χ1n) is 7.94. The van der Waals surface area contributed by atoms with Crippen molar-refractivity contribution in [2.24, 2.45) is 4.99 Å².